The Bertz CT molecular complexity index is 1230. The van der Waals surface area contributed by atoms with E-state index in [-0.39, 0.29) is 17.8 Å². The molecule has 1 fully saturated rings. The first-order valence-corrected chi connectivity index (χ1v) is 12.2. The van der Waals surface area contributed by atoms with E-state index in [2.05, 4.69) is 25.9 Å². The molecular formula is C27H27F3N4O2. The highest BCUT2D eigenvalue weighted by Crippen LogP contribution is 2.31. The molecule has 36 heavy (non-hydrogen) atoms. The van der Waals surface area contributed by atoms with E-state index in [9.17, 15) is 18.0 Å². The van der Waals surface area contributed by atoms with Crippen molar-refractivity contribution in [3.05, 3.63) is 77.0 Å². The van der Waals surface area contributed by atoms with Crippen LogP contribution >= 0.6 is 0 Å². The second kappa shape index (κ2) is 10.2. The van der Waals surface area contributed by atoms with E-state index in [4.69, 9.17) is 4.74 Å². The van der Waals surface area contributed by atoms with Gasteiger partial charge in [-0.25, -0.2) is 9.97 Å². The molecule has 2 aromatic heterocycles. The molecule has 188 valence electrons. The van der Waals surface area contributed by atoms with Crippen molar-refractivity contribution >= 4 is 12.0 Å². The number of aryl methyl sites for hydroxylation is 2. The van der Waals surface area contributed by atoms with Crippen LogP contribution in [-0.4, -0.2) is 26.5 Å². The van der Waals surface area contributed by atoms with E-state index in [1.165, 1.54) is 11.6 Å². The van der Waals surface area contributed by atoms with E-state index >= 15 is 0 Å². The molecule has 5 rings (SSSR count). The summed E-state index contributed by atoms with van der Waals surface area (Å²) in [4.78, 5) is 21.0. The Labute approximate surface area is 207 Å². The molecule has 1 aromatic carbocycles. The number of hydrogen-bond donors (Lipinski definition) is 1. The average Bonchev–Trinajstić information content (AvgIpc) is 3.30. The second-order valence-electron chi connectivity index (χ2n) is 9.30. The maximum Gasteiger partial charge on any atom is 0.417 e. The van der Waals surface area contributed by atoms with Gasteiger partial charge in [0.1, 0.15) is 17.3 Å². The fourth-order valence-electron chi connectivity index (χ4n) is 4.69. The number of pyridine rings is 1. The smallest absolute Gasteiger partial charge is 0.417 e. The number of nitrogens with one attached hydrogen (secondary N) is 1. The number of alkyl halides is 3. The summed E-state index contributed by atoms with van der Waals surface area (Å²) in [6, 6.07) is 9.64. The number of allylic oxidation sites excluding steroid dienone is 1. The summed E-state index contributed by atoms with van der Waals surface area (Å²) in [5.74, 6) is 1.50. The summed E-state index contributed by atoms with van der Waals surface area (Å²) in [5.41, 5.74) is 1.92. The highest BCUT2D eigenvalue weighted by atomic mass is 19.4. The minimum absolute atomic E-state index is 0.0996. The zero-order valence-electron chi connectivity index (χ0n) is 19.7. The van der Waals surface area contributed by atoms with Crippen LogP contribution in [0.3, 0.4) is 0 Å². The van der Waals surface area contributed by atoms with E-state index in [0.29, 0.717) is 11.4 Å². The zero-order chi connectivity index (χ0) is 25.1. The van der Waals surface area contributed by atoms with Gasteiger partial charge in [-0.1, -0.05) is 23.8 Å². The molecule has 1 amide bonds. The predicted molar refractivity (Wildman–Crippen MR) is 129 cm³/mol. The lowest BCUT2D eigenvalue weighted by Crippen LogP contribution is -2.36. The van der Waals surface area contributed by atoms with Crippen LogP contribution in [0.4, 0.5) is 13.2 Å². The van der Waals surface area contributed by atoms with Crippen molar-refractivity contribution in [2.45, 2.75) is 63.7 Å². The van der Waals surface area contributed by atoms with Gasteiger partial charge < -0.3 is 14.6 Å². The van der Waals surface area contributed by atoms with Crippen molar-refractivity contribution in [3.8, 4) is 11.6 Å². The largest absolute Gasteiger partial charge is 0.439 e. The molecule has 0 radical (unpaired) electrons. The number of hydrogen-bond acceptors (Lipinski definition) is 4. The number of aromatic nitrogens is 3. The number of fused-ring (bicyclic) bond motifs is 1. The zero-order valence-corrected chi connectivity index (χ0v) is 19.7. The summed E-state index contributed by atoms with van der Waals surface area (Å²) in [5, 5.41) is 3.14. The van der Waals surface area contributed by atoms with Crippen LogP contribution in [-0.2, 0) is 19.1 Å². The molecule has 0 atom stereocenters. The van der Waals surface area contributed by atoms with Crippen molar-refractivity contribution in [3.63, 3.8) is 0 Å². The van der Waals surface area contributed by atoms with E-state index < -0.39 is 11.7 Å². The van der Waals surface area contributed by atoms with Crippen LogP contribution in [0.2, 0.25) is 0 Å². The topological polar surface area (TPSA) is 69.0 Å². The SMILES string of the molecule is O=C(NC1CCC(=Cc2cccc(Oc3ccc(C(F)(F)F)cn3)c2)CC1)c1cn2c(n1)CCCC2. The van der Waals surface area contributed by atoms with Crippen LogP contribution < -0.4 is 10.1 Å². The van der Waals surface area contributed by atoms with E-state index in [1.54, 1.807) is 6.07 Å². The molecule has 3 aromatic rings. The van der Waals surface area contributed by atoms with Crippen LogP contribution in [0.1, 0.15) is 66.0 Å². The molecule has 3 heterocycles. The number of ether oxygens (including phenoxy) is 1. The normalized spacial score (nSPS) is 17.9. The summed E-state index contributed by atoms with van der Waals surface area (Å²) in [7, 11) is 0. The van der Waals surface area contributed by atoms with Gasteiger partial charge in [0, 0.05) is 37.5 Å². The summed E-state index contributed by atoms with van der Waals surface area (Å²) < 4.78 is 45.9. The number of rotatable bonds is 5. The van der Waals surface area contributed by atoms with Gasteiger partial charge in [0.15, 0.2) is 0 Å². The molecule has 0 bridgehead atoms. The van der Waals surface area contributed by atoms with Gasteiger partial charge >= 0.3 is 6.18 Å². The van der Waals surface area contributed by atoms with Gasteiger partial charge in [0.2, 0.25) is 5.88 Å². The van der Waals surface area contributed by atoms with Gasteiger partial charge in [-0.3, -0.25) is 4.79 Å². The predicted octanol–water partition coefficient (Wildman–Crippen LogP) is 6.18. The van der Waals surface area contributed by atoms with Crippen molar-refractivity contribution < 1.29 is 22.7 Å². The summed E-state index contributed by atoms with van der Waals surface area (Å²) in [6.07, 6.45) is 6.94. The quantitative estimate of drug-likeness (QED) is 0.458. The number of carbonyl (C=O) groups is 1. The van der Waals surface area contributed by atoms with Gasteiger partial charge in [-0.2, -0.15) is 13.2 Å². The Morgan fingerprint density at radius 3 is 2.67 bits per heavy atom. The first-order valence-electron chi connectivity index (χ1n) is 12.2. The molecule has 0 saturated heterocycles. The van der Waals surface area contributed by atoms with Gasteiger partial charge in [0.25, 0.3) is 5.91 Å². The van der Waals surface area contributed by atoms with E-state index in [0.717, 1.165) is 75.1 Å². The van der Waals surface area contributed by atoms with Crippen LogP contribution in [0.5, 0.6) is 11.6 Å². The summed E-state index contributed by atoms with van der Waals surface area (Å²) in [6.45, 7) is 0.931. The fourth-order valence-corrected chi connectivity index (χ4v) is 4.69. The number of amides is 1. The average molecular weight is 497 g/mol. The lowest BCUT2D eigenvalue weighted by molar-refractivity contribution is -0.137. The maximum atomic E-state index is 12.7. The third-order valence-electron chi connectivity index (χ3n) is 6.62. The number of halogens is 3. The van der Waals surface area contributed by atoms with Crippen LogP contribution in [0.15, 0.2) is 54.4 Å². The Balaban J connectivity index is 1.15. The minimum Gasteiger partial charge on any atom is -0.439 e. The Morgan fingerprint density at radius 1 is 1.11 bits per heavy atom. The third-order valence-corrected chi connectivity index (χ3v) is 6.62. The molecule has 6 nitrogen and oxygen atoms in total. The molecule has 1 aliphatic heterocycles. The van der Waals surface area contributed by atoms with Crippen molar-refractivity contribution in [1.82, 2.24) is 19.9 Å². The highest BCUT2D eigenvalue weighted by Gasteiger charge is 2.30. The fraction of sp³-hybridized carbons (Fsp3) is 0.370. The first kappa shape index (κ1) is 24.1. The van der Waals surface area contributed by atoms with Crippen molar-refractivity contribution in [2.75, 3.05) is 0 Å². The van der Waals surface area contributed by atoms with Crippen molar-refractivity contribution in [1.29, 1.82) is 0 Å². The summed E-state index contributed by atoms with van der Waals surface area (Å²) >= 11 is 0. The van der Waals surface area contributed by atoms with Gasteiger partial charge in [0.05, 0.1) is 5.56 Å². The van der Waals surface area contributed by atoms with Gasteiger partial charge in [-0.15, -0.1) is 0 Å². The monoisotopic (exact) mass is 496 g/mol. The highest BCUT2D eigenvalue weighted by molar-refractivity contribution is 5.92. The number of nitrogens with zero attached hydrogens (tertiary/aromatic N) is 3. The first-order chi connectivity index (χ1) is 17.3. The second-order valence-corrected chi connectivity index (χ2v) is 9.30. The lowest BCUT2D eigenvalue weighted by atomic mass is 9.89. The number of carbonyl (C=O) groups excluding carboxylic acids is 1. The Morgan fingerprint density at radius 2 is 1.94 bits per heavy atom. The number of imidazole rings is 1. The molecule has 0 unspecified atom stereocenters. The Kier molecular flexibility index (Phi) is 6.80. The number of benzene rings is 1. The van der Waals surface area contributed by atoms with Gasteiger partial charge in [-0.05, 0) is 62.3 Å². The molecular weight excluding hydrogens is 469 g/mol. The molecule has 1 saturated carbocycles. The third kappa shape index (κ3) is 5.78. The van der Waals surface area contributed by atoms with E-state index in [1.807, 2.05) is 24.4 Å². The minimum atomic E-state index is -4.43. The Hall–Kier alpha value is -3.62. The maximum absolute atomic E-state index is 12.7. The van der Waals surface area contributed by atoms with Crippen molar-refractivity contribution in [2.24, 2.45) is 0 Å². The molecule has 9 heteroatoms. The standard InChI is InChI=1S/C27H27F3N4O2/c28-27(29,30)20-9-12-25(31-16-20)36-22-5-3-4-19(15-22)14-18-7-10-21(11-8-18)32-26(35)23-17-34-13-2-1-6-24(34)33-23/h3-5,9,12,14-17,21H,1-2,6-8,10-11,13H2,(H,32,35). The van der Waals surface area contributed by atoms with Crippen LogP contribution in [0.25, 0.3) is 6.08 Å². The van der Waals surface area contributed by atoms with Crippen LogP contribution in [0, 0.1) is 0 Å². The molecule has 1 N–H and O–H groups in total. The lowest BCUT2D eigenvalue weighted by Gasteiger charge is -2.24. The molecule has 1 aliphatic carbocycles. The molecule has 0 spiro atoms. The molecule has 2 aliphatic rings.